The Morgan fingerprint density at radius 3 is 2.24 bits per heavy atom. The van der Waals surface area contributed by atoms with Crippen LogP contribution in [0.4, 0.5) is 5.82 Å². The minimum absolute atomic E-state index is 0.102. The zero-order valence-corrected chi connectivity index (χ0v) is 20.1. The highest BCUT2D eigenvalue weighted by molar-refractivity contribution is 5.92. The minimum atomic E-state index is 0.102. The van der Waals surface area contributed by atoms with E-state index in [-0.39, 0.29) is 5.92 Å². The summed E-state index contributed by atoms with van der Waals surface area (Å²) >= 11 is 0. The molecule has 174 valence electrons. The molecule has 0 unspecified atom stereocenters. The summed E-state index contributed by atoms with van der Waals surface area (Å²) < 4.78 is 1.99. The second-order valence-electron chi connectivity index (χ2n) is 9.56. The SMILES string of the molecule is Cc1ccc(-n2nc3c(N4CCC(C(=O)N5CCN(C)CC5)CC4)nnc(C)c3c2C)cc1. The van der Waals surface area contributed by atoms with E-state index in [0.29, 0.717) is 5.91 Å². The minimum Gasteiger partial charge on any atom is -0.353 e. The number of aryl methyl sites for hydroxylation is 3. The van der Waals surface area contributed by atoms with Crippen LogP contribution in [0.1, 0.15) is 29.8 Å². The number of likely N-dealkylation sites (N-methyl/N-ethyl adjacent to an activating group) is 1. The van der Waals surface area contributed by atoms with Crippen LogP contribution in [0, 0.1) is 26.7 Å². The summed E-state index contributed by atoms with van der Waals surface area (Å²) in [6.07, 6.45) is 1.69. The highest BCUT2D eigenvalue weighted by Crippen LogP contribution is 2.32. The van der Waals surface area contributed by atoms with Crippen molar-refractivity contribution < 1.29 is 4.79 Å². The third kappa shape index (κ3) is 4.08. The zero-order chi connectivity index (χ0) is 23.1. The second-order valence-corrected chi connectivity index (χ2v) is 9.56. The Hall–Kier alpha value is -3.00. The van der Waals surface area contributed by atoms with Gasteiger partial charge in [-0.3, -0.25) is 4.79 Å². The molecule has 0 atom stereocenters. The number of carbonyl (C=O) groups excluding carboxylic acids is 1. The molecule has 2 fully saturated rings. The molecule has 0 spiro atoms. The smallest absolute Gasteiger partial charge is 0.225 e. The van der Waals surface area contributed by atoms with Gasteiger partial charge in [0.25, 0.3) is 0 Å². The number of piperazine rings is 1. The Balaban J connectivity index is 1.37. The first-order valence-electron chi connectivity index (χ1n) is 11.9. The van der Waals surface area contributed by atoms with Gasteiger partial charge in [-0.2, -0.15) is 10.2 Å². The molecule has 8 nitrogen and oxygen atoms in total. The van der Waals surface area contributed by atoms with Crippen LogP contribution < -0.4 is 4.90 Å². The van der Waals surface area contributed by atoms with Gasteiger partial charge >= 0.3 is 0 Å². The van der Waals surface area contributed by atoms with Gasteiger partial charge < -0.3 is 14.7 Å². The molecule has 33 heavy (non-hydrogen) atoms. The number of rotatable bonds is 3. The molecule has 1 amide bonds. The average molecular weight is 448 g/mol. The fourth-order valence-corrected chi connectivity index (χ4v) is 5.09. The first-order valence-corrected chi connectivity index (χ1v) is 11.9. The van der Waals surface area contributed by atoms with Crippen molar-refractivity contribution in [2.75, 3.05) is 51.2 Å². The second kappa shape index (κ2) is 8.74. The number of benzene rings is 1. The molecule has 8 heteroatoms. The van der Waals surface area contributed by atoms with Crippen molar-refractivity contribution in [2.45, 2.75) is 33.6 Å². The van der Waals surface area contributed by atoms with Crippen LogP contribution in [-0.2, 0) is 4.79 Å². The molecule has 0 N–H and O–H groups in total. The van der Waals surface area contributed by atoms with Crippen molar-refractivity contribution in [3.05, 3.63) is 41.2 Å². The number of piperidine rings is 1. The maximum Gasteiger partial charge on any atom is 0.225 e. The number of amides is 1. The number of hydrogen-bond acceptors (Lipinski definition) is 6. The van der Waals surface area contributed by atoms with Crippen molar-refractivity contribution >= 4 is 22.6 Å². The quantitative estimate of drug-likeness (QED) is 0.615. The maximum atomic E-state index is 13.0. The molecule has 3 aromatic rings. The van der Waals surface area contributed by atoms with E-state index in [4.69, 9.17) is 5.10 Å². The van der Waals surface area contributed by atoms with Crippen LogP contribution in [0.15, 0.2) is 24.3 Å². The molecule has 5 rings (SSSR count). The molecule has 0 aliphatic carbocycles. The Morgan fingerprint density at radius 1 is 0.909 bits per heavy atom. The third-order valence-corrected chi connectivity index (χ3v) is 7.22. The Morgan fingerprint density at radius 2 is 1.58 bits per heavy atom. The first kappa shape index (κ1) is 21.8. The van der Waals surface area contributed by atoms with E-state index >= 15 is 0 Å². The third-order valence-electron chi connectivity index (χ3n) is 7.22. The van der Waals surface area contributed by atoms with Crippen molar-refractivity contribution in [1.29, 1.82) is 0 Å². The van der Waals surface area contributed by atoms with E-state index < -0.39 is 0 Å². The molecular weight excluding hydrogens is 414 g/mol. The van der Waals surface area contributed by atoms with Gasteiger partial charge in [0.1, 0.15) is 5.52 Å². The average Bonchev–Trinajstić information content (AvgIpc) is 3.18. The lowest BCUT2D eigenvalue weighted by Gasteiger charge is -2.37. The lowest BCUT2D eigenvalue weighted by molar-refractivity contribution is -0.137. The Kier molecular flexibility index (Phi) is 5.78. The largest absolute Gasteiger partial charge is 0.353 e. The maximum absolute atomic E-state index is 13.0. The van der Waals surface area contributed by atoms with E-state index in [0.717, 1.165) is 85.9 Å². The van der Waals surface area contributed by atoms with E-state index in [1.165, 1.54) is 5.56 Å². The summed E-state index contributed by atoms with van der Waals surface area (Å²) in [6.45, 7) is 11.4. The van der Waals surface area contributed by atoms with Gasteiger partial charge in [-0.1, -0.05) is 17.7 Å². The van der Waals surface area contributed by atoms with E-state index in [1.807, 2.05) is 11.6 Å². The Bertz CT molecular complexity index is 1150. The van der Waals surface area contributed by atoms with E-state index in [2.05, 4.69) is 70.1 Å². The van der Waals surface area contributed by atoms with Crippen LogP contribution in [0.3, 0.4) is 0 Å². The number of hydrogen-bond donors (Lipinski definition) is 0. The molecule has 2 aliphatic heterocycles. The number of aromatic nitrogens is 4. The van der Waals surface area contributed by atoms with Crippen LogP contribution >= 0.6 is 0 Å². The molecule has 1 aromatic carbocycles. The summed E-state index contributed by atoms with van der Waals surface area (Å²) in [6, 6.07) is 8.40. The normalized spacial score (nSPS) is 18.3. The molecular formula is C25H33N7O. The van der Waals surface area contributed by atoms with Gasteiger partial charge in [-0.15, -0.1) is 5.10 Å². The highest BCUT2D eigenvalue weighted by Gasteiger charge is 2.31. The molecule has 4 heterocycles. The summed E-state index contributed by atoms with van der Waals surface area (Å²) in [7, 11) is 2.12. The fraction of sp³-hybridized carbons (Fsp3) is 0.520. The number of carbonyl (C=O) groups is 1. The van der Waals surface area contributed by atoms with E-state index in [9.17, 15) is 4.79 Å². The highest BCUT2D eigenvalue weighted by atomic mass is 16.2. The summed E-state index contributed by atoms with van der Waals surface area (Å²) in [5, 5.41) is 15.1. The lowest BCUT2D eigenvalue weighted by Crippen LogP contribution is -2.50. The lowest BCUT2D eigenvalue weighted by atomic mass is 9.95. The van der Waals surface area contributed by atoms with Gasteiger partial charge in [0.05, 0.1) is 22.5 Å². The van der Waals surface area contributed by atoms with Gasteiger partial charge in [-0.25, -0.2) is 4.68 Å². The van der Waals surface area contributed by atoms with Crippen LogP contribution in [0.25, 0.3) is 16.6 Å². The molecule has 0 bridgehead atoms. The summed E-state index contributed by atoms with van der Waals surface area (Å²) in [4.78, 5) is 19.6. The number of nitrogens with zero attached hydrogens (tertiary/aromatic N) is 7. The van der Waals surface area contributed by atoms with Crippen molar-refractivity contribution in [3.8, 4) is 5.69 Å². The number of anilines is 1. The van der Waals surface area contributed by atoms with Crippen molar-refractivity contribution in [1.82, 2.24) is 29.8 Å². The predicted molar refractivity (Wildman–Crippen MR) is 130 cm³/mol. The predicted octanol–water partition coefficient (Wildman–Crippen LogP) is 2.73. The zero-order valence-electron chi connectivity index (χ0n) is 20.1. The van der Waals surface area contributed by atoms with Crippen LogP contribution in [-0.4, -0.2) is 82.0 Å². The summed E-state index contributed by atoms with van der Waals surface area (Å²) in [5.41, 5.74) is 5.12. The summed E-state index contributed by atoms with van der Waals surface area (Å²) in [5.74, 6) is 1.25. The molecule has 2 saturated heterocycles. The number of fused-ring (bicyclic) bond motifs is 1. The molecule has 2 aliphatic rings. The van der Waals surface area contributed by atoms with E-state index in [1.54, 1.807) is 0 Å². The first-order chi connectivity index (χ1) is 15.9. The molecule has 2 aromatic heterocycles. The van der Waals surface area contributed by atoms with Gasteiger partial charge in [-0.05, 0) is 52.8 Å². The van der Waals surface area contributed by atoms with Crippen LogP contribution in [0.2, 0.25) is 0 Å². The molecule has 0 saturated carbocycles. The topological polar surface area (TPSA) is 70.4 Å². The fourth-order valence-electron chi connectivity index (χ4n) is 5.09. The van der Waals surface area contributed by atoms with Crippen molar-refractivity contribution in [3.63, 3.8) is 0 Å². The van der Waals surface area contributed by atoms with Gasteiger partial charge in [0.15, 0.2) is 5.82 Å². The van der Waals surface area contributed by atoms with Gasteiger partial charge in [0, 0.05) is 45.2 Å². The monoisotopic (exact) mass is 447 g/mol. The van der Waals surface area contributed by atoms with Crippen LogP contribution in [0.5, 0.6) is 0 Å². The van der Waals surface area contributed by atoms with Crippen molar-refractivity contribution in [2.24, 2.45) is 5.92 Å². The van der Waals surface area contributed by atoms with Gasteiger partial charge in [0.2, 0.25) is 5.91 Å². The Labute approximate surface area is 195 Å². The molecule has 0 radical (unpaired) electrons. The standard InChI is InChI=1S/C25H33N7O/c1-17-5-7-21(8-6-17)32-19(3)22-18(2)26-27-24(23(22)28-32)30-11-9-20(10-12-30)25(33)31-15-13-29(4)14-16-31/h5-8,20H,9-16H2,1-4H3.